The lowest BCUT2D eigenvalue weighted by Gasteiger charge is -2.11. The van der Waals surface area contributed by atoms with Crippen LogP contribution in [0.2, 0.25) is 0 Å². The van der Waals surface area contributed by atoms with Gasteiger partial charge in [0.2, 0.25) is 5.82 Å². The summed E-state index contributed by atoms with van der Waals surface area (Å²) in [5, 5.41) is 25.3. The van der Waals surface area contributed by atoms with Crippen molar-refractivity contribution < 1.29 is 32.7 Å². The van der Waals surface area contributed by atoms with Gasteiger partial charge in [-0.2, -0.15) is 9.49 Å². The molecule has 0 aliphatic heterocycles. The standard InChI is InChI=1S/C18H22F3N3O5/c1-4-6-8-29-18(26)11(9-23-22-7-5-2)17(25)12-13(19)10(3)14(20)15(21)16(12)24(27)28/h9,22,25H,4-8H2,1-3H3. The van der Waals surface area contributed by atoms with Crippen molar-refractivity contribution in [1.29, 1.82) is 0 Å². The van der Waals surface area contributed by atoms with Gasteiger partial charge in [0.25, 0.3) is 0 Å². The summed E-state index contributed by atoms with van der Waals surface area (Å²) in [6.07, 6.45) is 2.63. The summed E-state index contributed by atoms with van der Waals surface area (Å²) >= 11 is 0. The first-order valence-electron chi connectivity index (χ1n) is 8.86. The van der Waals surface area contributed by atoms with Crippen molar-refractivity contribution >= 4 is 23.6 Å². The number of benzene rings is 1. The molecule has 29 heavy (non-hydrogen) atoms. The smallest absolute Gasteiger partial charge is 0.343 e. The van der Waals surface area contributed by atoms with Gasteiger partial charge in [-0.3, -0.25) is 10.1 Å². The van der Waals surface area contributed by atoms with E-state index in [1.54, 1.807) is 0 Å². The summed E-state index contributed by atoms with van der Waals surface area (Å²) in [6, 6.07) is 0. The Balaban J connectivity index is 3.66. The first-order chi connectivity index (χ1) is 13.7. The lowest BCUT2D eigenvalue weighted by Crippen LogP contribution is -2.16. The molecule has 0 aromatic heterocycles. The molecule has 0 unspecified atom stereocenters. The average Bonchev–Trinajstić information content (AvgIpc) is 2.68. The molecule has 0 bridgehead atoms. The Bertz CT molecular complexity index is 841. The Labute approximate surface area is 165 Å². The molecule has 0 aliphatic carbocycles. The highest BCUT2D eigenvalue weighted by molar-refractivity contribution is 6.15. The van der Waals surface area contributed by atoms with Crippen molar-refractivity contribution in [3.63, 3.8) is 0 Å². The van der Waals surface area contributed by atoms with Gasteiger partial charge in [-0.25, -0.2) is 13.6 Å². The van der Waals surface area contributed by atoms with Crippen LogP contribution >= 0.6 is 0 Å². The zero-order chi connectivity index (χ0) is 22.1. The van der Waals surface area contributed by atoms with Crippen LogP contribution in [0.15, 0.2) is 10.7 Å². The van der Waals surface area contributed by atoms with Gasteiger partial charge in [0.05, 0.1) is 17.7 Å². The molecule has 8 nitrogen and oxygen atoms in total. The fourth-order valence-corrected chi connectivity index (χ4v) is 2.17. The van der Waals surface area contributed by atoms with Crippen molar-refractivity contribution in [3.8, 4) is 0 Å². The van der Waals surface area contributed by atoms with Gasteiger partial charge in [-0.1, -0.05) is 20.3 Å². The van der Waals surface area contributed by atoms with Crippen molar-refractivity contribution in [1.82, 2.24) is 5.43 Å². The number of nitro groups is 1. The highest BCUT2D eigenvalue weighted by atomic mass is 19.2. The van der Waals surface area contributed by atoms with E-state index in [9.17, 15) is 33.2 Å². The number of nitrogens with one attached hydrogen (secondary N) is 1. The fourth-order valence-electron chi connectivity index (χ4n) is 2.17. The number of hydrogen-bond acceptors (Lipinski definition) is 7. The number of halogens is 3. The Morgan fingerprint density at radius 1 is 1.24 bits per heavy atom. The molecule has 0 heterocycles. The molecule has 11 heteroatoms. The van der Waals surface area contributed by atoms with E-state index >= 15 is 0 Å². The molecule has 0 radical (unpaired) electrons. The van der Waals surface area contributed by atoms with Crippen LogP contribution in [-0.4, -0.2) is 35.4 Å². The second-order valence-electron chi connectivity index (χ2n) is 5.97. The fraction of sp³-hybridized carbons (Fsp3) is 0.444. The van der Waals surface area contributed by atoms with Crippen LogP contribution in [0.5, 0.6) is 0 Å². The number of unbranched alkanes of at least 4 members (excludes halogenated alkanes) is 1. The van der Waals surface area contributed by atoms with E-state index < -0.39 is 56.5 Å². The molecule has 1 rings (SSSR count). The number of ether oxygens (including phenoxy) is 1. The van der Waals surface area contributed by atoms with Crippen LogP contribution < -0.4 is 5.43 Å². The minimum absolute atomic E-state index is 0.0380. The maximum Gasteiger partial charge on any atom is 0.343 e. The summed E-state index contributed by atoms with van der Waals surface area (Å²) in [7, 11) is 0. The number of rotatable bonds is 10. The number of nitrogens with zero attached hydrogens (tertiary/aromatic N) is 2. The molecule has 0 saturated carbocycles. The van der Waals surface area contributed by atoms with Crippen LogP contribution in [0, 0.1) is 34.5 Å². The van der Waals surface area contributed by atoms with E-state index in [0.717, 1.165) is 13.1 Å². The van der Waals surface area contributed by atoms with E-state index in [-0.39, 0.29) is 6.61 Å². The average molecular weight is 417 g/mol. The van der Waals surface area contributed by atoms with Crippen molar-refractivity contribution in [2.24, 2.45) is 5.10 Å². The molecule has 0 fully saturated rings. The van der Waals surface area contributed by atoms with Gasteiger partial charge in [-0.15, -0.1) is 0 Å². The summed E-state index contributed by atoms with van der Waals surface area (Å²) in [5.74, 6) is -7.76. The molecule has 0 amide bonds. The van der Waals surface area contributed by atoms with Crippen LogP contribution in [0.1, 0.15) is 44.2 Å². The zero-order valence-corrected chi connectivity index (χ0v) is 16.2. The normalized spacial score (nSPS) is 12.1. The van der Waals surface area contributed by atoms with E-state index in [4.69, 9.17) is 4.74 Å². The summed E-state index contributed by atoms with van der Waals surface area (Å²) in [6.45, 7) is 4.86. The van der Waals surface area contributed by atoms with Crippen LogP contribution in [0.4, 0.5) is 18.9 Å². The summed E-state index contributed by atoms with van der Waals surface area (Å²) < 4.78 is 47.4. The van der Waals surface area contributed by atoms with Gasteiger partial charge in [-0.05, 0) is 19.8 Å². The molecule has 2 N–H and O–H groups in total. The molecular weight excluding hydrogens is 395 g/mol. The number of aliphatic hydroxyl groups excluding tert-OH is 1. The minimum Gasteiger partial charge on any atom is -0.506 e. The van der Waals surface area contributed by atoms with Crippen LogP contribution in [0.25, 0.3) is 5.76 Å². The number of hydrogen-bond donors (Lipinski definition) is 2. The molecule has 0 aliphatic rings. The number of esters is 1. The van der Waals surface area contributed by atoms with E-state index in [2.05, 4.69) is 10.5 Å². The van der Waals surface area contributed by atoms with Crippen LogP contribution in [-0.2, 0) is 9.53 Å². The first kappa shape index (κ1) is 23.9. The highest BCUT2D eigenvalue weighted by Crippen LogP contribution is 2.35. The minimum atomic E-state index is -1.96. The molecule has 1 aromatic rings. The molecule has 0 atom stereocenters. The maximum absolute atomic E-state index is 14.6. The third-order valence-corrected chi connectivity index (χ3v) is 3.79. The van der Waals surface area contributed by atoms with Crippen LogP contribution in [0.3, 0.4) is 0 Å². The Hall–Kier alpha value is -3.11. The summed E-state index contributed by atoms with van der Waals surface area (Å²) in [5.41, 5.74) is -2.02. The van der Waals surface area contributed by atoms with E-state index in [0.29, 0.717) is 25.8 Å². The Morgan fingerprint density at radius 3 is 2.45 bits per heavy atom. The quantitative estimate of drug-likeness (QED) is 0.0872. The lowest BCUT2D eigenvalue weighted by molar-refractivity contribution is -0.388. The maximum atomic E-state index is 14.6. The number of aliphatic hydroxyl groups is 1. The SMILES string of the molecule is CCCCOC(=O)C(C=NNCCC)=C(O)c1c(F)c(C)c(F)c(F)c1[N+](=O)[O-]. The Kier molecular flexibility index (Phi) is 9.10. The van der Waals surface area contributed by atoms with Gasteiger partial charge < -0.3 is 15.3 Å². The number of carbonyl (C=O) groups excluding carboxylic acids is 1. The van der Waals surface area contributed by atoms with Gasteiger partial charge in [0.1, 0.15) is 22.7 Å². The molecule has 0 saturated heterocycles. The number of carbonyl (C=O) groups is 1. The van der Waals surface area contributed by atoms with Gasteiger partial charge in [0, 0.05) is 12.1 Å². The summed E-state index contributed by atoms with van der Waals surface area (Å²) in [4.78, 5) is 22.1. The van der Waals surface area contributed by atoms with Gasteiger partial charge >= 0.3 is 11.7 Å². The van der Waals surface area contributed by atoms with Gasteiger partial charge in [0.15, 0.2) is 5.82 Å². The third kappa shape index (κ3) is 5.69. The predicted octanol–water partition coefficient (Wildman–Crippen LogP) is 3.92. The highest BCUT2D eigenvalue weighted by Gasteiger charge is 2.35. The monoisotopic (exact) mass is 417 g/mol. The van der Waals surface area contributed by atoms with Crippen molar-refractivity contribution in [2.45, 2.75) is 40.0 Å². The molecule has 160 valence electrons. The van der Waals surface area contributed by atoms with E-state index in [1.165, 1.54) is 0 Å². The molecular formula is C18H22F3N3O5. The van der Waals surface area contributed by atoms with Crippen molar-refractivity contribution in [2.75, 3.05) is 13.2 Å². The van der Waals surface area contributed by atoms with Crippen molar-refractivity contribution in [3.05, 3.63) is 44.3 Å². The zero-order valence-electron chi connectivity index (χ0n) is 16.2. The van der Waals surface area contributed by atoms with E-state index in [1.807, 2.05) is 13.8 Å². The number of nitro benzene ring substituents is 1. The Morgan fingerprint density at radius 2 is 1.90 bits per heavy atom. The third-order valence-electron chi connectivity index (χ3n) is 3.79. The largest absolute Gasteiger partial charge is 0.506 e. The molecule has 1 aromatic carbocycles. The molecule has 0 spiro atoms. The topological polar surface area (TPSA) is 114 Å². The predicted molar refractivity (Wildman–Crippen MR) is 99.9 cm³/mol. The first-order valence-corrected chi connectivity index (χ1v) is 8.86. The number of hydrazone groups is 1. The second kappa shape index (κ2) is 11.0. The second-order valence-corrected chi connectivity index (χ2v) is 5.97. The lowest BCUT2D eigenvalue weighted by atomic mass is 10.0.